The summed E-state index contributed by atoms with van der Waals surface area (Å²) in [6.45, 7) is 6.15. The van der Waals surface area contributed by atoms with Crippen LogP contribution in [0.4, 0.5) is 10.1 Å². The number of nitrogens with one attached hydrogen (secondary N) is 1. The molecule has 0 aromatic heterocycles. The van der Waals surface area contributed by atoms with Crippen molar-refractivity contribution in [2.24, 2.45) is 5.92 Å². The zero-order chi connectivity index (χ0) is 13.6. The Morgan fingerprint density at radius 1 is 1.42 bits per heavy atom. The van der Waals surface area contributed by atoms with E-state index in [0.29, 0.717) is 16.8 Å². The maximum Gasteiger partial charge on any atom is 0.147 e. The first-order chi connectivity index (χ1) is 8.99. The first-order valence-corrected chi connectivity index (χ1v) is 7.34. The molecule has 2 nitrogen and oxygen atoms in total. The van der Waals surface area contributed by atoms with Crippen LogP contribution in [0.15, 0.2) is 18.2 Å². The van der Waals surface area contributed by atoms with Gasteiger partial charge in [-0.05, 0) is 50.8 Å². The third-order valence-corrected chi connectivity index (χ3v) is 4.76. The van der Waals surface area contributed by atoms with E-state index in [9.17, 15) is 4.39 Å². The Labute approximate surface area is 118 Å². The van der Waals surface area contributed by atoms with E-state index in [-0.39, 0.29) is 11.4 Å². The van der Waals surface area contributed by atoms with Gasteiger partial charge in [0.25, 0.3) is 0 Å². The second kappa shape index (κ2) is 4.64. The van der Waals surface area contributed by atoms with Gasteiger partial charge in [0.2, 0.25) is 0 Å². The molecule has 1 N–H and O–H groups in total. The molecule has 1 saturated carbocycles. The molecule has 0 bridgehead atoms. The molecule has 104 valence electrons. The molecule has 19 heavy (non-hydrogen) atoms. The van der Waals surface area contributed by atoms with Gasteiger partial charge in [0.1, 0.15) is 5.82 Å². The molecular weight excluding hydrogens is 263 g/mol. The van der Waals surface area contributed by atoms with Crippen LogP contribution in [0.2, 0.25) is 5.02 Å². The molecule has 4 heteroatoms. The summed E-state index contributed by atoms with van der Waals surface area (Å²) >= 11 is 5.84. The molecular formula is C15H20ClFN2. The van der Waals surface area contributed by atoms with Gasteiger partial charge in [-0.2, -0.15) is 0 Å². The van der Waals surface area contributed by atoms with Crippen molar-refractivity contribution in [1.29, 1.82) is 0 Å². The van der Waals surface area contributed by atoms with E-state index >= 15 is 0 Å². The predicted octanol–water partition coefficient (Wildman–Crippen LogP) is 3.45. The van der Waals surface area contributed by atoms with E-state index < -0.39 is 0 Å². The van der Waals surface area contributed by atoms with Crippen molar-refractivity contribution in [2.45, 2.75) is 38.3 Å². The molecule has 0 spiro atoms. The van der Waals surface area contributed by atoms with Gasteiger partial charge in [-0.15, -0.1) is 0 Å². The molecule has 2 unspecified atom stereocenters. The number of benzene rings is 1. The van der Waals surface area contributed by atoms with E-state index in [1.54, 1.807) is 12.1 Å². The summed E-state index contributed by atoms with van der Waals surface area (Å²) in [7, 11) is 0. The largest absolute Gasteiger partial charge is 0.363 e. The lowest BCUT2D eigenvalue weighted by Gasteiger charge is -2.47. The lowest BCUT2D eigenvalue weighted by Crippen LogP contribution is -2.63. The molecule has 2 aliphatic rings. The third-order valence-electron chi connectivity index (χ3n) is 4.53. The maximum atomic E-state index is 14.1. The topological polar surface area (TPSA) is 15.3 Å². The second-order valence-corrected chi connectivity index (χ2v) is 6.58. The van der Waals surface area contributed by atoms with Crippen LogP contribution >= 0.6 is 11.6 Å². The summed E-state index contributed by atoms with van der Waals surface area (Å²) in [6, 6.07) is 5.26. The minimum atomic E-state index is -0.223. The molecule has 0 radical (unpaired) electrons. The first-order valence-electron chi connectivity index (χ1n) is 6.96. The van der Waals surface area contributed by atoms with Crippen LogP contribution in [0, 0.1) is 11.7 Å². The molecule has 2 atom stereocenters. The van der Waals surface area contributed by atoms with Gasteiger partial charge >= 0.3 is 0 Å². The zero-order valence-electron chi connectivity index (χ0n) is 11.4. The Morgan fingerprint density at radius 3 is 2.79 bits per heavy atom. The Hall–Kier alpha value is -0.800. The molecule has 1 heterocycles. The summed E-state index contributed by atoms with van der Waals surface area (Å²) in [6.07, 6.45) is 2.57. The van der Waals surface area contributed by atoms with Gasteiger partial charge in [0.05, 0.1) is 5.69 Å². The molecule has 1 aliphatic carbocycles. The Bertz CT molecular complexity index is 489. The first kappa shape index (κ1) is 13.2. The summed E-state index contributed by atoms with van der Waals surface area (Å²) in [5.74, 6) is 0.511. The standard InChI is InChI=1S/C15H20ClFN2/c1-10-8-18-15(2,11-3-4-11)9-19(10)14-6-5-12(16)7-13(14)17/h5-7,10-11,18H,3-4,8-9H2,1-2H3. The van der Waals surface area contributed by atoms with Crippen LogP contribution in [0.25, 0.3) is 0 Å². The van der Waals surface area contributed by atoms with Gasteiger partial charge in [0.15, 0.2) is 0 Å². The summed E-state index contributed by atoms with van der Waals surface area (Å²) < 4.78 is 14.1. The highest BCUT2D eigenvalue weighted by molar-refractivity contribution is 6.30. The number of halogens is 2. The number of anilines is 1. The highest BCUT2D eigenvalue weighted by Crippen LogP contribution is 2.42. The van der Waals surface area contributed by atoms with Crippen LogP contribution in [0.5, 0.6) is 0 Å². The molecule has 1 aliphatic heterocycles. The van der Waals surface area contributed by atoms with Gasteiger partial charge < -0.3 is 10.2 Å². The second-order valence-electron chi connectivity index (χ2n) is 6.15. The lowest BCUT2D eigenvalue weighted by atomic mass is 9.91. The van der Waals surface area contributed by atoms with Crippen LogP contribution in [-0.4, -0.2) is 24.7 Å². The van der Waals surface area contributed by atoms with Crippen LogP contribution < -0.4 is 10.2 Å². The summed E-state index contributed by atoms with van der Waals surface area (Å²) in [5, 5.41) is 4.10. The molecule has 0 amide bonds. The van der Waals surface area contributed by atoms with Crippen LogP contribution in [0.1, 0.15) is 26.7 Å². The smallest absolute Gasteiger partial charge is 0.147 e. The Kier molecular flexibility index (Phi) is 3.22. The number of hydrogen-bond acceptors (Lipinski definition) is 2. The van der Waals surface area contributed by atoms with E-state index in [4.69, 9.17) is 11.6 Å². The Morgan fingerprint density at radius 2 is 2.16 bits per heavy atom. The van der Waals surface area contributed by atoms with Gasteiger partial charge in [-0.25, -0.2) is 4.39 Å². The average Bonchev–Trinajstić information content (AvgIpc) is 3.17. The molecule has 2 fully saturated rings. The normalized spacial score (nSPS) is 31.6. The number of nitrogens with zero attached hydrogens (tertiary/aromatic N) is 1. The van der Waals surface area contributed by atoms with E-state index in [1.165, 1.54) is 18.9 Å². The third kappa shape index (κ3) is 2.46. The van der Waals surface area contributed by atoms with Gasteiger partial charge in [-0.3, -0.25) is 0 Å². The van der Waals surface area contributed by atoms with Gasteiger partial charge in [0, 0.05) is 29.7 Å². The van der Waals surface area contributed by atoms with Crippen LogP contribution in [-0.2, 0) is 0 Å². The quantitative estimate of drug-likeness (QED) is 0.894. The highest BCUT2D eigenvalue weighted by Gasteiger charge is 2.45. The zero-order valence-corrected chi connectivity index (χ0v) is 12.2. The van der Waals surface area contributed by atoms with Crippen molar-refractivity contribution in [3.8, 4) is 0 Å². The Balaban J connectivity index is 1.88. The van der Waals surface area contributed by atoms with E-state index in [0.717, 1.165) is 19.0 Å². The van der Waals surface area contributed by atoms with Crippen molar-refractivity contribution in [1.82, 2.24) is 5.32 Å². The van der Waals surface area contributed by atoms with Crippen molar-refractivity contribution >= 4 is 17.3 Å². The number of rotatable bonds is 2. The van der Waals surface area contributed by atoms with Crippen molar-refractivity contribution < 1.29 is 4.39 Å². The SMILES string of the molecule is CC1CNC(C)(C2CC2)CN1c1ccc(Cl)cc1F. The number of hydrogen-bond donors (Lipinski definition) is 1. The highest BCUT2D eigenvalue weighted by atomic mass is 35.5. The fourth-order valence-corrected chi connectivity index (χ4v) is 3.25. The average molecular weight is 283 g/mol. The molecule has 1 saturated heterocycles. The van der Waals surface area contributed by atoms with E-state index in [1.807, 2.05) is 0 Å². The molecule has 1 aromatic carbocycles. The fourth-order valence-electron chi connectivity index (χ4n) is 3.09. The predicted molar refractivity (Wildman–Crippen MR) is 77.3 cm³/mol. The summed E-state index contributed by atoms with van der Waals surface area (Å²) in [4.78, 5) is 2.18. The molecule has 3 rings (SSSR count). The van der Waals surface area contributed by atoms with Crippen molar-refractivity contribution in [3.63, 3.8) is 0 Å². The minimum Gasteiger partial charge on any atom is -0.363 e. The van der Waals surface area contributed by atoms with Crippen LogP contribution in [0.3, 0.4) is 0 Å². The molecule has 1 aromatic rings. The van der Waals surface area contributed by atoms with E-state index in [2.05, 4.69) is 24.1 Å². The fraction of sp³-hybridized carbons (Fsp3) is 0.600. The van der Waals surface area contributed by atoms with Gasteiger partial charge in [-0.1, -0.05) is 11.6 Å². The summed E-state index contributed by atoms with van der Waals surface area (Å²) in [5.41, 5.74) is 0.781. The van der Waals surface area contributed by atoms with Crippen molar-refractivity contribution in [2.75, 3.05) is 18.0 Å². The van der Waals surface area contributed by atoms with Crippen molar-refractivity contribution in [3.05, 3.63) is 29.0 Å². The minimum absolute atomic E-state index is 0.110. The maximum absolute atomic E-state index is 14.1. The number of piperazine rings is 1. The lowest BCUT2D eigenvalue weighted by molar-refractivity contribution is 0.259. The monoisotopic (exact) mass is 282 g/mol.